The smallest absolute Gasteiger partial charge is 0.276 e. The zero-order valence-corrected chi connectivity index (χ0v) is 16.2. The number of carbonyl (C=O) groups is 1. The highest BCUT2D eigenvalue weighted by Gasteiger charge is 2.21. The van der Waals surface area contributed by atoms with Crippen LogP contribution in [-0.2, 0) is 22.9 Å². The van der Waals surface area contributed by atoms with Gasteiger partial charge in [-0.25, -0.2) is 8.42 Å². The van der Waals surface area contributed by atoms with E-state index >= 15 is 0 Å². The minimum Gasteiger partial charge on any atom is -0.486 e. The van der Waals surface area contributed by atoms with Crippen molar-refractivity contribution in [2.45, 2.75) is 37.0 Å². The predicted octanol–water partition coefficient (Wildman–Crippen LogP) is 2.41. The topological polar surface area (TPSA) is 93.7 Å². The van der Waals surface area contributed by atoms with Crippen molar-refractivity contribution in [2.24, 2.45) is 0 Å². The molecule has 144 valence electrons. The summed E-state index contributed by atoms with van der Waals surface area (Å²) in [5.41, 5.74) is 3.51. The van der Waals surface area contributed by atoms with Crippen molar-refractivity contribution < 1.29 is 22.7 Å². The molecule has 0 fully saturated rings. The van der Waals surface area contributed by atoms with Gasteiger partial charge in [0.2, 0.25) is 0 Å². The highest BCUT2D eigenvalue weighted by Crippen LogP contribution is 2.32. The van der Waals surface area contributed by atoms with E-state index in [2.05, 4.69) is 10.3 Å². The summed E-state index contributed by atoms with van der Waals surface area (Å²) >= 11 is 1.44. The molecule has 9 heteroatoms. The van der Waals surface area contributed by atoms with Crippen molar-refractivity contribution in [3.05, 3.63) is 39.6 Å². The lowest BCUT2D eigenvalue weighted by Gasteiger charge is -2.18. The Morgan fingerprint density at radius 1 is 1.00 bits per heavy atom. The molecule has 0 unspecified atom stereocenters. The Labute approximate surface area is 161 Å². The highest BCUT2D eigenvalue weighted by atomic mass is 32.2. The molecule has 2 N–H and O–H groups in total. The van der Waals surface area contributed by atoms with Crippen molar-refractivity contribution in [1.82, 2.24) is 10.3 Å². The van der Waals surface area contributed by atoms with E-state index in [0.717, 1.165) is 25.7 Å². The molecule has 0 saturated carbocycles. The fourth-order valence-electron chi connectivity index (χ4n) is 3.20. The summed E-state index contributed by atoms with van der Waals surface area (Å²) in [5, 5.41) is 0. The summed E-state index contributed by atoms with van der Waals surface area (Å²) in [4.78, 5) is 16.3. The van der Waals surface area contributed by atoms with E-state index in [1.165, 1.54) is 40.3 Å². The largest absolute Gasteiger partial charge is 0.486 e. The van der Waals surface area contributed by atoms with Gasteiger partial charge in [-0.05, 0) is 49.4 Å². The van der Waals surface area contributed by atoms with Crippen LogP contribution in [0.1, 0.15) is 39.4 Å². The van der Waals surface area contributed by atoms with E-state index in [0.29, 0.717) is 29.6 Å². The Morgan fingerprint density at radius 2 is 1.78 bits per heavy atom. The molecule has 1 amide bonds. The van der Waals surface area contributed by atoms with Gasteiger partial charge in [0.15, 0.2) is 11.5 Å². The van der Waals surface area contributed by atoms with Gasteiger partial charge in [-0.1, -0.05) is 6.42 Å². The number of amides is 1. The van der Waals surface area contributed by atoms with Crippen LogP contribution in [0.3, 0.4) is 0 Å². The number of rotatable bonds is 4. The molecule has 7 nitrogen and oxygen atoms in total. The molecule has 2 aromatic rings. The van der Waals surface area contributed by atoms with Crippen molar-refractivity contribution >= 4 is 27.3 Å². The molecule has 1 aliphatic carbocycles. The lowest BCUT2D eigenvalue weighted by Crippen LogP contribution is -2.41. The summed E-state index contributed by atoms with van der Waals surface area (Å²) < 4.78 is 35.7. The van der Waals surface area contributed by atoms with Gasteiger partial charge in [-0.3, -0.25) is 10.2 Å². The van der Waals surface area contributed by atoms with Crippen molar-refractivity contribution in [1.29, 1.82) is 0 Å². The third-order valence-corrected chi connectivity index (χ3v) is 7.07. The molecule has 1 aliphatic heterocycles. The lowest BCUT2D eigenvalue weighted by molar-refractivity contribution is 0.0949. The predicted molar refractivity (Wildman–Crippen MR) is 101 cm³/mol. The number of carbonyl (C=O) groups excluding carboxylic acids is 1. The normalized spacial score (nSPS) is 16.3. The molecule has 1 aromatic heterocycles. The second-order valence-electron chi connectivity index (χ2n) is 6.48. The van der Waals surface area contributed by atoms with Crippen LogP contribution in [0.4, 0.5) is 0 Å². The Kier molecular flexibility index (Phi) is 5.07. The first-order valence-electron chi connectivity index (χ1n) is 8.86. The summed E-state index contributed by atoms with van der Waals surface area (Å²) in [6.45, 7) is 0.794. The van der Waals surface area contributed by atoms with Gasteiger partial charge in [0.25, 0.3) is 15.9 Å². The molecule has 2 aliphatic rings. The number of ether oxygens (including phenoxy) is 2. The Balaban J connectivity index is 1.45. The first kappa shape index (κ1) is 18.3. The molecule has 0 atom stereocenters. The Bertz CT molecular complexity index is 945. The fraction of sp³-hybridized carbons (Fsp3) is 0.389. The monoisotopic (exact) mass is 408 g/mol. The summed E-state index contributed by atoms with van der Waals surface area (Å²) in [7, 11) is -3.92. The fourth-order valence-corrected chi connectivity index (χ4v) is 5.21. The molecule has 27 heavy (non-hydrogen) atoms. The van der Waals surface area contributed by atoms with Crippen LogP contribution >= 0.6 is 11.3 Å². The van der Waals surface area contributed by atoms with Gasteiger partial charge in [0, 0.05) is 10.9 Å². The van der Waals surface area contributed by atoms with E-state index < -0.39 is 15.9 Å². The standard InChI is InChI=1S/C18H20N2O5S2/c21-18(17-10-12-4-2-1-3-5-16(12)26-17)19-20-27(22,23)13-6-7-14-15(11-13)25-9-8-24-14/h6-7,10-11,20H,1-5,8-9H2,(H,19,21). The quantitative estimate of drug-likeness (QED) is 0.599. The Morgan fingerprint density at radius 3 is 2.63 bits per heavy atom. The van der Waals surface area contributed by atoms with Crippen LogP contribution in [0, 0.1) is 0 Å². The summed E-state index contributed by atoms with van der Waals surface area (Å²) in [6.07, 6.45) is 5.42. The molecular weight excluding hydrogens is 388 g/mol. The van der Waals surface area contributed by atoms with E-state index in [4.69, 9.17) is 9.47 Å². The van der Waals surface area contributed by atoms with Crippen LogP contribution in [-0.4, -0.2) is 27.5 Å². The summed E-state index contributed by atoms with van der Waals surface area (Å²) in [6, 6.07) is 6.21. The minimum absolute atomic E-state index is 0.00554. The summed E-state index contributed by atoms with van der Waals surface area (Å²) in [5.74, 6) is 0.427. The third-order valence-electron chi connectivity index (χ3n) is 4.59. The van der Waals surface area contributed by atoms with Gasteiger partial charge in [-0.15, -0.1) is 16.2 Å². The number of hydrogen-bond acceptors (Lipinski definition) is 6. The molecule has 0 saturated heterocycles. The second kappa shape index (κ2) is 7.49. The molecule has 1 aromatic carbocycles. The van der Waals surface area contributed by atoms with Crippen molar-refractivity contribution in [2.75, 3.05) is 13.2 Å². The molecule has 0 spiro atoms. The number of fused-ring (bicyclic) bond motifs is 2. The zero-order valence-electron chi connectivity index (χ0n) is 14.6. The first-order chi connectivity index (χ1) is 13.0. The van der Waals surface area contributed by atoms with Crippen LogP contribution in [0.25, 0.3) is 0 Å². The highest BCUT2D eigenvalue weighted by molar-refractivity contribution is 7.89. The number of hydrogen-bond donors (Lipinski definition) is 2. The maximum Gasteiger partial charge on any atom is 0.276 e. The molecule has 4 rings (SSSR count). The second-order valence-corrected chi connectivity index (χ2v) is 9.30. The minimum atomic E-state index is -3.92. The number of aryl methyl sites for hydroxylation is 2. The number of thiophene rings is 1. The maximum absolute atomic E-state index is 12.5. The van der Waals surface area contributed by atoms with Crippen LogP contribution < -0.4 is 19.7 Å². The van der Waals surface area contributed by atoms with Gasteiger partial charge in [-0.2, -0.15) is 0 Å². The average Bonchev–Trinajstić information content (AvgIpc) is 2.96. The lowest BCUT2D eigenvalue weighted by atomic mass is 10.1. The SMILES string of the molecule is O=C(NNS(=O)(=O)c1ccc2c(c1)OCCO2)c1cc2c(s1)CCCCC2. The van der Waals surface area contributed by atoms with E-state index in [1.54, 1.807) is 6.07 Å². The van der Waals surface area contributed by atoms with Gasteiger partial charge in [0.1, 0.15) is 13.2 Å². The third kappa shape index (κ3) is 3.95. The van der Waals surface area contributed by atoms with Crippen molar-refractivity contribution in [3.63, 3.8) is 0 Å². The Hall–Kier alpha value is -2.10. The van der Waals surface area contributed by atoms with E-state index in [-0.39, 0.29) is 4.90 Å². The molecule has 0 bridgehead atoms. The van der Waals surface area contributed by atoms with E-state index in [1.807, 2.05) is 6.07 Å². The van der Waals surface area contributed by atoms with E-state index in [9.17, 15) is 13.2 Å². The molecular formula is C18H20N2O5S2. The number of sulfonamides is 1. The molecule has 0 radical (unpaired) electrons. The number of benzene rings is 1. The van der Waals surface area contributed by atoms with Gasteiger partial charge >= 0.3 is 0 Å². The van der Waals surface area contributed by atoms with Gasteiger partial charge in [0.05, 0.1) is 9.77 Å². The maximum atomic E-state index is 12.5. The number of hydrazine groups is 1. The average molecular weight is 409 g/mol. The van der Waals surface area contributed by atoms with Crippen LogP contribution in [0.2, 0.25) is 0 Å². The first-order valence-corrected chi connectivity index (χ1v) is 11.2. The molecule has 2 heterocycles. The van der Waals surface area contributed by atoms with Crippen LogP contribution in [0.5, 0.6) is 11.5 Å². The number of nitrogens with one attached hydrogen (secondary N) is 2. The van der Waals surface area contributed by atoms with Gasteiger partial charge < -0.3 is 9.47 Å². The van der Waals surface area contributed by atoms with Crippen molar-refractivity contribution in [3.8, 4) is 11.5 Å². The zero-order chi connectivity index (χ0) is 18.9. The van der Waals surface area contributed by atoms with Crippen LogP contribution in [0.15, 0.2) is 29.2 Å².